The molecule has 1 saturated heterocycles. The fourth-order valence-electron chi connectivity index (χ4n) is 5.86. The number of ether oxygens (including phenoxy) is 1. The molecule has 3 atom stereocenters. The van der Waals surface area contributed by atoms with Crippen molar-refractivity contribution in [2.24, 2.45) is 0 Å². The summed E-state index contributed by atoms with van der Waals surface area (Å²) >= 11 is 12.6. The van der Waals surface area contributed by atoms with Crippen LogP contribution in [0.5, 0.6) is 5.88 Å². The van der Waals surface area contributed by atoms with Crippen LogP contribution in [0.25, 0.3) is 21.7 Å². The van der Waals surface area contributed by atoms with Crippen molar-refractivity contribution in [3.8, 4) is 5.88 Å². The summed E-state index contributed by atoms with van der Waals surface area (Å²) in [5.74, 6) is 0.102. The Morgan fingerprint density at radius 1 is 0.895 bits per heavy atom. The van der Waals surface area contributed by atoms with E-state index in [2.05, 4.69) is 53.8 Å². The molecule has 3 unspecified atom stereocenters. The van der Waals surface area contributed by atoms with E-state index in [0.717, 1.165) is 27.6 Å². The topological polar surface area (TPSA) is 54.4 Å². The highest BCUT2D eigenvalue weighted by Gasteiger charge is 2.44. The molecule has 2 N–H and O–H groups in total. The zero-order valence-electron chi connectivity index (χ0n) is 21.0. The summed E-state index contributed by atoms with van der Waals surface area (Å²) < 4.78 is 5.81. The Hall–Kier alpha value is -3.15. The van der Waals surface area contributed by atoms with Crippen molar-refractivity contribution in [1.82, 2.24) is 10.3 Å². The number of aromatic nitrogens is 1. The largest absolute Gasteiger partial charge is 0.481 e. The van der Waals surface area contributed by atoms with Gasteiger partial charge in [0.05, 0.1) is 18.2 Å². The number of nitrogens with one attached hydrogen (secondary N) is 1. The molecule has 1 aliphatic heterocycles. The molecule has 4 aromatic carbocycles. The van der Waals surface area contributed by atoms with E-state index in [1.807, 2.05) is 42.5 Å². The van der Waals surface area contributed by atoms with Crippen LogP contribution in [0.3, 0.4) is 0 Å². The Kier molecular flexibility index (Phi) is 6.75. The Morgan fingerprint density at radius 2 is 1.66 bits per heavy atom. The first-order valence-electron chi connectivity index (χ1n) is 12.8. The number of fused-ring (bicyclic) bond motifs is 2. The monoisotopic (exact) mass is 542 g/mol. The van der Waals surface area contributed by atoms with Gasteiger partial charge < -0.3 is 15.2 Å². The number of nitrogens with zero attached hydrogens (tertiary/aromatic N) is 1. The summed E-state index contributed by atoms with van der Waals surface area (Å²) in [6.45, 7) is 0.674. The molecule has 38 heavy (non-hydrogen) atoms. The number of halogens is 2. The fraction of sp³-hybridized carbons (Fsp3) is 0.219. The lowest BCUT2D eigenvalue weighted by atomic mass is 9.70. The van der Waals surface area contributed by atoms with Gasteiger partial charge >= 0.3 is 0 Å². The minimum Gasteiger partial charge on any atom is -0.481 e. The Bertz CT molecular complexity index is 1620. The van der Waals surface area contributed by atoms with E-state index in [1.165, 1.54) is 10.8 Å². The highest BCUT2D eigenvalue weighted by Crippen LogP contribution is 2.47. The van der Waals surface area contributed by atoms with E-state index in [4.69, 9.17) is 32.9 Å². The van der Waals surface area contributed by atoms with E-state index in [1.54, 1.807) is 7.11 Å². The van der Waals surface area contributed by atoms with Crippen LogP contribution in [-0.2, 0) is 0 Å². The van der Waals surface area contributed by atoms with Gasteiger partial charge in [0.15, 0.2) is 0 Å². The first kappa shape index (κ1) is 25.1. The average Bonchev–Trinajstić information content (AvgIpc) is 2.93. The number of hydrogen-bond donors (Lipinski definition) is 2. The molecule has 0 spiro atoms. The molecule has 1 aromatic heterocycles. The smallest absolute Gasteiger partial charge is 0.217 e. The van der Waals surface area contributed by atoms with Crippen molar-refractivity contribution in [2.45, 2.75) is 30.4 Å². The predicted molar refractivity (Wildman–Crippen MR) is 155 cm³/mol. The van der Waals surface area contributed by atoms with Crippen molar-refractivity contribution >= 4 is 44.9 Å². The standard InChI is InChI=1S/C32H28Cl2N2O2/c1-38-31-27(18-24-17-26(34)12-13-28(24)36-31)30(21-8-10-25(33)11-9-21)32(37)14-15-35-29(19-32)23-7-6-20-4-2-3-5-22(20)16-23/h2-13,16-18,29-30,35,37H,14-15,19H2,1H3. The number of aliphatic hydroxyl groups is 1. The minimum absolute atomic E-state index is 0.0120. The number of hydrogen-bond acceptors (Lipinski definition) is 4. The molecule has 0 amide bonds. The van der Waals surface area contributed by atoms with E-state index < -0.39 is 11.5 Å². The first-order valence-corrected chi connectivity index (χ1v) is 13.5. The van der Waals surface area contributed by atoms with Gasteiger partial charge in [0.1, 0.15) is 0 Å². The third-order valence-electron chi connectivity index (χ3n) is 7.70. The van der Waals surface area contributed by atoms with Gasteiger partial charge in [-0.1, -0.05) is 71.7 Å². The highest BCUT2D eigenvalue weighted by atomic mass is 35.5. The van der Waals surface area contributed by atoms with Crippen molar-refractivity contribution in [3.05, 3.63) is 118 Å². The van der Waals surface area contributed by atoms with Crippen molar-refractivity contribution in [1.29, 1.82) is 0 Å². The summed E-state index contributed by atoms with van der Waals surface area (Å²) in [4.78, 5) is 4.80. The third-order valence-corrected chi connectivity index (χ3v) is 8.18. The van der Waals surface area contributed by atoms with E-state index in [0.29, 0.717) is 35.3 Å². The van der Waals surface area contributed by atoms with E-state index in [-0.39, 0.29) is 6.04 Å². The van der Waals surface area contributed by atoms with Crippen LogP contribution < -0.4 is 10.1 Å². The van der Waals surface area contributed by atoms with Crippen LogP contribution >= 0.6 is 23.2 Å². The first-order chi connectivity index (χ1) is 18.4. The van der Waals surface area contributed by atoms with E-state index >= 15 is 0 Å². The van der Waals surface area contributed by atoms with Gasteiger partial charge in [0, 0.05) is 33.0 Å². The molecule has 6 heteroatoms. The maximum absolute atomic E-state index is 12.5. The lowest BCUT2D eigenvalue weighted by molar-refractivity contribution is -0.0196. The minimum atomic E-state index is -1.07. The number of rotatable bonds is 5. The summed E-state index contributed by atoms with van der Waals surface area (Å²) in [5, 5.41) is 20.7. The molecule has 0 bridgehead atoms. The molecule has 1 fully saturated rings. The SMILES string of the molecule is COc1nc2ccc(Cl)cc2cc1C(c1ccc(Cl)cc1)C1(O)CCNC(c2ccc3ccccc3c2)C1. The Morgan fingerprint density at radius 3 is 2.45 bits per heavy atom. The van der Waals surface area contributed by atoms with Crippen LogP contribution in [-0.4, -0.2) is 29.3 Å². The molecule has 0 radical (unpaired) electrons. The zero-order chi connectivity index (χ0) is 26.3. The maximum Gasteiger partial charge on any atom is 0.217 e. The number of pyridine rings is 1. The molecular weight excluding hydrogens is 515 g/mol. The second-order valence-corrected chi connectivity index (χ2v) is 11.0. The van der Waals surface area contributed by atoms with Crippen molar-refractivity contribution < 1.29 is 9.84 Å². The lowest BCUT2D eigenvalue weighted by Crippen LogP contribution is -2.48. The van der Waals surface area contributed by atoms with Gasteiger partial charge in [-0.15, -0.1) is 0 Å². The molecule has 1 aliphatic rings. The van der Waals surface area contributed by atoms with Gasteiger partial charge in [-0.3, -0.25) is 0 Å². The molecule has 192 valence electrons. The molecule has 0 saturated carbocycles. The summed E-state index contributed by atoms with van der Waals surface area (Å²) in [5.41, 5.74) is 2.66. The van der Waals surface area contributed by atoms with Gasteiger partial charge in [-0.05, 0) is 83.8 Å². The maximum atomic E-state index is 12.5. The van der Waals surface area contributed by atoms with Crippen molar-refractivity contribution in [2.75, 3.05) is 13.7 Å². The van der Waals surface area contributed by atoms with Crippen LogP contribution in [0.4, 0.5) is 0 Å². The summed E-state index contributed by atoms with van der Waals surface area (Å²) in [6, 6.07) is 30.2. The number of benzene rings is 4. The van der Waals surface area contributed by atoms with E-state index in [9.17, 15) is 5.11 Å². The average molecular weight is 543 g/mol. The third kappa shape index (κ3) is 4.74. The van der Waals surface area contributed by atoms with Gasteiger partial charge in [-0.25, -0.2) is 4.98 Å². The Labute approximate surface area is 232 Å². The number of piperidine rings is 1. The zero-order valence-corrected chi connectivity index (χ0v) is 22.5. The lowest BCUT2D eigenvalue weighted by Gasteiger charge is -2.43. The summed E-state index contributed by atoms with van der Waals surface area (Å²) in [6.07, 6.45) is 1.09. The van der Waals surface area contributed by atoms with Crippen LogP contribution in [0.1, 0.15) is 41.5 Å². The van der Waals surface area contributed by atoms with Crippen LogP contribution in [0.15, 0.2) is 91.0 Å². The number of methoxy groups -OCH3 is 1. The van der Waals surface area contributed by atoms with Crippen LogP contribution in [0, 0.1) is 0 Å². The summed E-state index contributed by atoms with van der Waals surface area (Å²) in [7, 11) is 1.62. The van der Waals surface area contributed by atoms with Crippen molar-refractivity contribution in [3.63, 3.8) is 0 Å². The second kappa shape index (κ2) is 10.2. The second-order valence-electron chi connectivity index (χ2n) is 10.1. The highest BCUT2D eigenvalue weighted by molar-refractivity contribution is 6.31. The molecule has 5 aromatic rings. The molecule has 4 nitrogen and oxygen atoms in total. The Balaban J connectivity index is 1.47. The molecule has 6 rings (SSSR count). The predicted octanol–water partition coefficient (Wildman–Crippen LogP) is 7.69. The molecule has 2 heterocycles. The van der Waals surface area contributed by atoms with Gasteiger partial charge in [0.2, 0.25) is 5.88 Å². The fourth-order valence-corrected chi connectivity index (χ4v) is 6.17. The van der Waals surface area contributed by atoms with Gasteiger partial charge in [-0.2, -0.15) is 0 Å². The van der Waals surface area contributed by atoms with Crippen LogP contribution in [0.2, 0.25) is 10.0 Å². The quantitative estimate of drug-likeness (QED) is 0.239. The molecule has 0 aliphatic carbocycles. The normalized spacial score (nSPS) is 20.5. The van der Waals surface area contributed by atoms with Gasteiger partial charge in [0.25, 0.3) is 0 Å². The molecular formula is C32H28Cl2N2O2.